The number of hydrogen-bond donors (Lipinski definition) is 1. The Labute approximate surface area is 156 Å². The second-order valence-electron chi connectivity index (χ2n) is 5.68. The van der Waals surface area contributed by atoms with E-state index in [0.29, 0.717) is 22.8 Å². The maximum absolute atomic E-state index is 13.3. The monoisotopic (exact) mass is 369 g/mol. The topological polar surface area (TPSA) is 45.2 Å². The highest BCUT2D eigenvalue weighted by molar-refractivity contribution is 6.30. The van der Waals surface area contributed by atoms with E-state index in [2.05, 4.69) is 10.3 Å². The highest BCUT2D eigenvalue weighted by atomic mass is 35.5. The molecule has 0 bridgehead atoms. The van der Waals surface area contributed by atoms with E-state index in [1.165, 1.54) is 12.1 Å². The molecule has 0 aliphatic heterocycles. The van der Waals surface area contributed by atoms with Gasteiger partial charge in [0.15, 0.2) is 0 Å². The molecule has 3 aromatic rings. The molecule has 0 spiro atoms. The van der Waals surface area contributed by atoms with Crippen molar-refractivity contribution in [3.8, 4) is 0 Å². The van der Waals surface area contributed by atoms with Gasteiger partial charge in [0, 0.05) is 29.5 Å². The van der Waals surface area contributed by atoms with Crippen molar-refractivity contribution in [3.63, 3.8) is 0 Å². The molecule has 0 saturated carbocycles. The summed E-state index contributed by atoms with van der Waals surface area (Å²) in [4.78, 5) is 18.9. The number of nitrogens with zero attached hydrogens (tertiary/aromatic N) is 2. The largest absolute Gasteiger partial charge is 0.373 e. The Kier molecular flexibility index (Phi) is 5.49. The van der Waals surface area contributed by atoms with E-state index < -0.39 is 0 Å². The van der Waals surface area contributed by atoms with Crippen LogP contribution in [0, 0.1) is 5.82 Å². The third-order valence-corrected chi connectivity index (χ3v) is 4.15. The molecule has 0 unspecified atom stereocenters. The van der Waals surface area contributed by atoms with Gasteiger partial charge in [0.25, 0.3) is 5.91 Å². The molecule has 0 aliphatic rings. The van der Waals surface area contributed by atoms with Crippen LogP contribution in [0.3, 0.4) is 0 Å². The van der Waals surface area contributed by atoms with Crippen LogP contribution in [-0.4, -0.2) is 17.9 Å². The van der Waals surface area contributed by atoms with Crippen LogP contribution in [0.4, 0.5) is 15.9 Å². The molecule has 1 heterocycles. The lowest BCUT2D eigenvalue weighted by molar-refractivity contribution is 0.0985. The van der Waals surface area contributed by atoms with Crippen molar-refractivity contribution < 1.29 is 9.18 Å². The van der Waals surface area contributed by atoms with Gasteiger partial charge in [0.2, 0.25) is 0 Å². The number of nitrogens with one attached hydrogen (secondary N) is 1. The van der Waals surface area contributed by atoms with Crippen molar-refractivity contribution in [2.75, 3.05) is 17.3 Å². The van der Waals surface area contributed by atoms with Gasteiger partial charge in [0.1, 0.15) is 11.6 Å². The second kappa shape index (κ2) is 7.97. The van der Waals surface area contributed by atoms with E-state index in [0.717, 1.165) is 11.4 Å². The maximum atomic E-state index is 13.3. The first-order valence-electron chi connectivity index (χ1n) is 8.02. The van der Waals surface area contributed by atoms with Crippen LogP contribution < -0.4 is 10.2 Å². The fraction of sp³-hybridized carbons (Fsp3) is 0.100. The summed E-state index contributed by atoms with van der Waals surface area (Å²) in [5.41, 5.74) is 1.96. The Hall–Kier alpha value is -2.92. The van der Waals surface area contributed by atoms with E-state index in [-0.39, 0.29) is 11.7 Å². The van der Waals surface area contributed by atoms with Crippen LogP contribution in [0.15, 0.2) is 66.9 Å². The van der Waals surface area contributed by atoms with Crippen molar-refractivity contribution in [1.82, 2.24) is 4.98 Å². The molecule has 1 N–H and O–H groups in total. The molecule has 0 aliphatic carbocycles. The first-order valence-corrected chi connectivity index (χ1v) is 8.40. The van der Waals surface area contributed by atoms with Crippen molar-refractivity contribution in [3.05, 3.63) is 88.8 Å². The Balaban J connectivity index is 1.93. The number of hydrogen-bond acceptors (Lipinski definition) is 3. The van der Waals surface area contributed by atoms with Gasteiger partial charge in [-0.3, -0.25) is 4.79 Å². The molecule has 2 aromatic carbocycles. The molecular formula is C20H17ClFN3O. The zero-order chi connectivity index (χ0) is 18.5. The number of carbonyl (C=O) groups is 1. The molecule has 132 valence electrons. The quantitative estimate of drug-likeness (QED) is 0.705. The number of pyridine rings is 1. The first kappa shape index (κ1) is 17.9. The van der Waals surface area contributed by atoms with Crippen molar-refractivity contribution >= 4 is 29.0 Å². The number of amides is 1. The van der Waals surface area contributed by atoms with E-state index in [1.807, 2.05) is 12.1 Å². The Bertz CT molecular complexity index is 880. The zero-order valence-corrected chi connectivity index (χ0v) is 14.9. The third-order valence-electron chi connectivity index (χ3n) is 3.90. The van der Waals surface area contributed by atoms with Crippen LogP contribution in [0.5, 0.6) is 0 Å². The number of aromatic nitrogens is 1. The van der Waals surface area contributed by atoms with Gasteiger partial charge in [-0.25, -0.2) is 9.37 Å². The predicted molar refractivity (Wildman–Crippen MR) is 102 cm³/mol. The Morgan fingerprint density at radius 1 is 1.08 bits per heavy atom. The molecule has 3 rings (SSSR count). The summed E-state index contributed by atoms with van der Waals surface area (Å²) in [7, 11) is 1.79. The fourth-order valence-electron chi connectivity index (χ4n) is 2.50. The Morgan fingerprint density at radius 2 is 1.77 bits per heavy atom. The molecular weight excluding hydrogens is 353 g/mol. The van der Waals surface area contributed by atoms with Gasteiger partial charge < -0.3 is 10.2 Å². The number of benzene rings is 2. The van der Waals surface area contributed by atoms with E-state index in [4.69, 9.17) is 11.6 Å². The number of halogens is 2. The molecule has 0 radical (unpaired) electrons. The van der Waals surface area contributed by atoms with Gasteiger partial charge in [-0.05, 0) is 60.2 Å². The van der Waals surface area contributed by atoms with Crippen LogP contribution in [-0.2, 0) is 6.54 Å². The highest BCUT2D eigenvalue weighted by Crippen LogP contribution is 2.22. The Morgan fingerprint density at radius 3 is 2.35 bits per heavy atom. The van der Waals surface area contributed by atoms with E-state index in [9.17, 15) is 9.18 Å². The summed E-state index contributed by atoms with van der Waals surface area (Å²) in [5.74, 6) is 0.185. The molecule has 1 aromatic heterocycles. The van der Waals surface area contributed by atoms with Gasteiger partial charge in [0.05, 0.1) is 6.54 Å². The summed E-state index contributed by atoms with van der Waals surface area (Å²) in [5, 5.41) is 3.51. The number of rotatable bonds is 5. The predicted octanol–water partition coefficient (Wildman–Crippen LogP) is 4.76. The lowest BCUT2D eigenvalue weighted by atomic mass is 10.1. The van der Waals surface area contributed by atoms with E-state index in [1.54, 1.807) is 54.5 Å². The molecule has 0 atom stereocenters. The maximum Gasteiger partial charge on any atom is 0.258 e. The fourth-order valence-corrected chi connectivity index (χ4v) is 2.62. The standard InChI is InChI=1S/C20H17ClFN3O/c1-23-19-11-2-14(12-24-19)13-25(18-9-7-17(22)8-10-18)20(26)15-3-5-16(21)6-4-15/h2-12H,13H2,1H3,(H,23,24). The van der Waals surface area contributed by atoms with Crippen molar-refractivity contribution in [2.24, 2.45) is 0 Å². The molecule has 0 saturated heterocycles. The summed E-state index contributed by atoms with van der Waals surface area (Å²) in [6, 6.07) is 16.2. The number of carbonyl (C=O) groups excluding carboxylic acids is 1. The number of anilines is 2. The molecule has 6 heteroatoms. The minimum atomic E-state index is -0.354. The average Bonchev–Trinajstić information content (AvgIpc) is 2.67. The SMILES string of the molecule is CNc1ccc(CN(C(=O)c2ccc(Cl)cc2)c2ccc(F)cc2)cn1. The minimum Gasteiger partial charge on any atom is -0.373 e. The first-order chi connectivity index (χ1) is 12.6. The lowest BCUT2D eigenvalue weighted by Crippen LogP contribution is -2.30. The van der Waals surface area contributed by atoms with Crippen molar-refractivity contribution in [2.45, 2.75) is 6.54 Å². The van der Waals surface area contributed by atoms with Crippen LogP contribution in [0.1, 0.15) is 15.9 Å². The molecule has 0 fully saturated rings. The van der Waals surface area contributed by atoms with Crippen LogP contribution in [0.2, 0.25) is 5.02 Å². The van der Waals surface area contributed by atoms with Crippen LogP contribution >= 0.6 is 11.6 Å². The summed E-state index contributed by atoms with van der Waals surface area (Å²) < 4.78 is 13.3. The van der Waals surface area contributed by atoms with Gasteiger partial charge >= 0.3 is 0 Å². The normalized spacial score (nSPS) is 10.4. The van der Waals surface area contributed by atoms with E-state index >= 15 is 0 Å². The lowest BCUT2D eigenvalue weighted by Gasteiger charge is -2.23. The van der Waals surface area contributed by atoms with Gasteiger partial charge in [-0.15, -0.1) is 0 Å². The summed E-state index contributed by atoms with van der Waals surface area (Å²) >= 11 is 5.91. The average molecular weight is 370 g/mol. The highest BCUT2D eigenvalue weighted by Gasteiger charge is 2.18. The molecule has 1 amide bonds. The zero-order valence-electron chi connectivity index (χ0n) is 14.1. The summed E-state index contributed by atoms with van der Waals surface area (Å²) in [6.45, 7) is 0.310. The van der Waals surface area contributed by atoms with Gasteiger partial charge in [-0.1, -0.05) is 17.7 Å². The second-order valence-corrected chi connectivity index (χ2v) is 6.11. The molecule has 26 heavy (non-hydrogen) atoms. The summed E-state index contributed by atoms with van der Waals surface area (Å²) in [6.07, 6.45) is 1.71. The molecule has 4 nitrogen and oxygen atoms in total. The smallest absolute Gasteiger partial charge is 0.258 e. The van der Waals surface area contributed by atoms with Gasteiger partial charge in [-0.2, -0.15) is 0 Å². The third kappa shape index (κ3) is 4.18. The van der Waals surface area contributed by atoms with Crippen LogP contribution in [0.25, 0.3) is 0 Å². The van der Waals surface area contributed by atoms with Crippen molar-refractivity contribution in [1.29, 1.82) is 0 Å². The minimum absolute atomic E-state index is 0.203.